The number of esters is 1. The molecule has 8 atom stereocenters. The van der Waals surface area contributed by atoms with Crippen molar-refractivity contribution in [1.82, 2.24) is 10.2 Å². The predicted molar refractivity (Wildman–Crippen MR) is 168 cm³/mol. The molecule has 5 bridgehead atoms. The van der Waals surface area contributed by atoms with E-state index in [4.69, 9.17) is 21.1 Å². The maximum atomic E-state index is 15.1. The van der Waals surface area contributed by atoms with Gasteiger partial charge in [0, 0.05) is 17.4 Å². The number of cyclic esters (lactones) is 1. The first-order chi connectivity index (χ1) is 21.0. The molecule has 12 heteroatoms. The largest absolute Gasteiger partial charge is 0.460 e. The molecule has 0 aromatic heterocycles. The molecule has 2 fully saturated rings. The van der Waals surface area contributed by atoms with Crippen molar-refractivity contribution in [3.05, 3.63) is 51.5 Å². The van der Waals surface area contributed by atoms with Gasteiger partial charge in [-0.15, -0.1) is 0 Å². The average molecular weight is 693 g/mol. The highest BCUT2D eigenvalue weighted by Crippen LogP contribution is 2.59. The van der Waals surface area contributed by atoms with Crippen molar-refractivity contribution in [3.8, 4) is 0 Å². The maximum Gasteiger partial charge on any atom is 0.313 e. The van der Waals surface area contributed by atoms with Crippen molar-refractivity contribution in [1.29, 1.82) is 0 Å². The number of hydrogen-bond acceptors (Lipinski definition) is 7. The van der Waals surface area contributed by atoms with Gasteiger partial charge in [0.1, 0.15) is 29.8 Å². The van der Waals surface area contributed by atoms with E-state index >= 15 is 4.79 Å². The van der Waals surface area contributed by atoms with Crippen molar-refractivity contribution < 1.29 is 33.8 Å². The molecule has 4 aliphatic heterocycles. The van der Waals surface area contributed by atoms with Gasteiger partial charge in [0.2, 0.25) is 11.8 Å². The predicted octanol–water partition coefficient (Wildman–Crippen LogP) is 3.66. The minimum Gasteiger partial charge on any atom is -0.460 e. The fourth-order valence-electron chi connectivity index (χ4n) is 6.96. The Morgan fingerprint density at radius 2 is 1.95 bits per heavy atom. The zero-order valence-corrected chi connectivity index (χ0v) is 27.6. The number of aryl methyl sites for hydroxylation is 1. The van der Waals surface area contributed by atoms with Crippen LogP contribution in [0.1, 0.15) is 45.6 Å². The average Bonchev–Trinajstić information content (AvgIpc) is 3.57. The van der Waals surface area contributed by atoms with Crippen LogP contribution in [0.3, 0.4) is 0 Å². The van der Waals surface area contributed by atoms with Gasteiger partial charge >= 0.3 is 5.97 Å². The molecule has 0 aliphatic carbocycles. The maximum absolute atomic E-state index is 15.1. The second-order valence-electron chi connectivity index (χ2n) is 12.1. The van der Waals surface area contributed by atoms with Crippen LogP contribution in [-0.2, 0) is 28.7 Å². The number of anilines is 1. The fraction of sp³-hybridized carbons (Fsp3) is 0.562. The summed E-state index contributed by atoms with van der Waals surface area (Å²) in [6.07, 6.45) is 5.15. The molecule has 10 nitrogen and oxygen atoms in total. The summed E-state index contributed by atoms with van der Waals surface area (Å²) in [5.41, 5.74) is -0.264. The van der Waals surface area contributed by atoms with E-state index in [0.717, 1.165) is 5.56 Å². The summed E-state index contributed by atoms with van der Waals surface area (Å²) in [4.78, 5) is 58.8. The quantitative estimate of drug-likeness (QED) is 0.357. The van der Waals surface area contributed by atoms with E-state index in [0.29, 0.717) is 28.0 Å². The molecular weight excluding hydrogens is 654 g/mol. The summed E-state index contributed by atoms with van der Waals surface area (Å²) in [6.45, 7) is 7.24. The van der Waals surface area contributed by atoms with Crippen LogP contribution in [0.4, 0.5) is 5.69 Å². The number of hydrogen-bond donors (Lipinski definition) is 2. The number of carbonyl (C=O) groups excluding carboxylic acids is 4. The summed E-state index contributed by atoms with van der Waals surface area (Å²) < 4.78 is 12.9. The summed E-state index contributed by atoms with van der Waals surface area (Å²) >= 11 is 10.3. The first-order valence-electron chi connectivity index (χ1n) is 15.1. The van der Waals surface area contributed by atoms with Gasteiger partial charge in [0.15, 0.2) is 0 Å². The van der Waals surface area contributed by atoms with Crippen molar-refractivity contribution in [2.75, 3.05) is 24.6 Å². The molecule has 0 radical (unpaired) electrons. The molecule has 44 heavy (non-hydrogen) atoms. The molecule has 4 heterocycles. The summed E-state index contributed by atoms with van der Waals surface area (Å²) in [5, 5.41) is 13.8. The highest BCUT2D eigenvalue weighted by molar-refractivity contribution is 9.11. The Balaban J connectivity index is 1.70. The van der Waals surface area contributed by atoms with Crippen molar-refractivity contribution >= 4 is 56.9 Å². The number of aliphatic hydroxyl groups is 1. The molecule has 0 saturated carbocycles. The fourth-order valence-corrected chi connectivity index (χ4v) is 8.02. The number of allylic oxidation sites excluding steroid dienone is 1. The lowest BCUT2D eigenvalue weighted by Crippen LogP contribution is -2.59. The van der Waals surface area contributed by atoms with Gasteiger partial charge in [-0.2, -0.15) is 0 Å². The highest BCUT2D eigenvalue weighted by Gasteiger charge is 2.75. The van der Waals surface area contributed by atoms with Crippen LogP contribution < -0.4 is 10.2 Å². The van der Waals surface area contributed by atoms with E-state index in [1.165, 1.54) is 9.80 Å². The number of halogens is 2. The van der Waals surface area contributed by atoms with Crippen molar-refractivity contribution in [3.63, 3.8) is 0 Å². The molecule has 2 saturated heterocycles. The van der Waals surface area contributed by atoms with Crippen LogP contribution in [0.2, 0.25) is 5.02 Å². The van der Waals surface area contributed by atoms with E-state index in [1.807, 2.05) is 32.9 Å². The lowest BCUT2D eigenvalue weighted by Gasteiger charge is -2.40. The molecule has 1 aromatic carbocycles. The van der Waals surface area contributed by atoms with E-state index < -0.39 is 59.5 Å². The van der Waals surface area contributed by atoms with Crippen molar-refractivity contribution in [2.24, 2.45) is 17.8 Å². The third kappa shape index (κ3) is 5.50. The smallest absolute Gasteiger partial charge is 0.313 e. The van der Waals surface area contributed by atoms with Gasteiger partial charge in [-0.05, 0) is 43.9 Å². The topological polar surface area (TPSA) is 125 Å². The van der Waals surface area contributed by atoms with E-state index in [9.17, 15) is 19.5 Å². The Bertz CT molecular complexity index is 1380. The number of carbonyl (C=O) groups is 4. The third-order valence-electron chi connectivity index (χ3n) is 9.34. The van der Waals surface area contributed by atoms with Gasteiger partial charge < -0.3 is 29.7 Å². The molecule has 2 N–H and O–H groups in total. The molecule has 3 amide bonds. The zero-order valence-electron chi connectivity index (χ0n) is 25.3. The monoisotopic (exact) mass is 691 g/mol. The number of amides is 3. The lowest BCUT2D eigenvalue weighted by atomic mass is 9.74. The van der Waals surface area contributed by atoms with E-state index in [2.05, 4.69) is 21.2 Å². The van der Waals surface area contributed by atoms with Gasteiger partial charge in [0.25, 0.3) is 5.91 Å². The lowest BCUT2D eigenvalue weighted by molar-refractivity contribution is -0.159. The Labute approximate surface area is 270 Å². The van der Waals surface area contributed by atoms with Crippen LogP contribution in [0.15, 0.2) is 40.9 Å². The SMILES string of the molecule is CC[C@H](C)[C@H](CO)N1C(=O)[C@H]2[C@@H]3C(=O)O[C@H](C)CNC(=O)CC/C=C\CN(c4c(C)cccc4Cl)C(=O)[C@H]1[C@@]21C=C(Br)[C@@H]3O1. The number of likely N-dealkylation sites (tertiary alicyclic amines) is 1. The normalized spacial score (nSPS) is 33.1. The zero-order chi connectivity index (χ0) is 31.9. The number of rotatable bonds is 5. The first-order valence-corrected chi connectivity index (χ1v) is 16.3. The third-order valence-corrected chi connectivity index (χ3v) is 10.3. The first kappa shape index (κ1) is 32.7. The summed E-state index contributed by atoms with van der Waals surface area (Å²) in [7, 11) is 0. The number of nitrogens with one attached hydrogen (secondary N) is 1. The minimum atomic E-state index is -1.50. The van der Waals surface area contributed by atoms with Gasteiger partial charge in [0.05, 0.1) is 35.8 Å². The number of fused-ring (bicyclic) bond motifs is 2. The van der Waals surface area contributed by atoms with Gasteiger partial charge in [-0.3, -0.25) is 19.2 Å². The van der Waals surface area contributed by atoms with Crippen LogP contribution in [-0.4, -0.2) is 83.3 Å². The van der Waals surface area contributed by atoms with Crippen LogP contribution in [0.25, 0.3) is 0 Å². The van der Waals surface area contributed by atoms with E-state index in [-0.39, 0.29) is 37.9 Å². The minimum absolute atomic E-state index is 0.105. The molecular formula is C32H39BrClN3O7. The Morgan fingerprint density at radius 1 is 1.20 bits per heavy atom. The highest BCUT2D eigenvalue weighted by atomic mass is 79.9. The van der Waals surface area contributed by atoms with Crippen LogP contribution in [0, 0.1) is 24.7 Å². The van der Waals surface area contributed by atoms with Crippen LogP contribution >= 0.6 is 27.5 Å². The molecule has 238 valence electrons. The number of aliphatic hydroxyl groups excluding tert-OH is 1. The Kier molecular flexibility index (Phi) is 9.61. The summed E-state index contributed by atoms with van der Waals surface area (Å²) in [5.74, 6) is -4.01. The van der Waals surface area contributed by atoms with E-state index in [1.54, 1.807) is 31.2 Å². The standard InChI is InChI=1S/C32H39BrClN3O7/c1-5-17(2)22(16-38)37-28-30(41)36(26-18(3)10-9-11-21(26)34)13-8-6-7-12-23(39)35-15-19(4)43-31(42)24-25(29(37)40)32(28)14-20(33)27(24)44-32/h6,8-11,14,17,19,22,24-25,27-28,38H,5,7,12-13,15-16H2,1-4H3,(H,35,39)/b8-6-/t17-,19+,22-,24-,25+,27-,28-,32+/m0/s1. The second kappa shape index (κ2) is 12.9. The molecule has 1 spiro atoms. The van der Waals surface area contributed by atoms with Gasteiger partial charge in [-0.25, -0.2) is 0 Å². The second-order valence-corrected chi connectivity index (χ2v) is 13.4. The van der Waals surface area contributed by atoms with Crippen LogP contribution in [0.5, 0.6) is 0 Å². The molecule has 0 unspecified atom stereocenters. The molecule has 4 aliphatic rings. The molecule has 1 aromatic rings. The molecule has 5 rings (SSSR count). The van der Waals surface area contributed by atoms with Crippen molar-refractivity contribution in [2.45, 2.75) is 76.9 Å². The Morgan fingerprint density at radius 3 is 2.64 bits per heavy atom. The summed E-state index contributed by atoms with van der Waals surface area (Å²) in [6, 6.07) is 3.42. The number of nitrogens with zero attached hydrogens (tertiary/aromatic N) is 2. The van der Waals surface area contributed by atoms with Gasteiger partial charge in [-0.1, -0.05) is 72.1 Å². The number of benzene rings is 1. The Hall–Kier alpha value is -2.73. The number of ether oxygens (including phenoxy) is 2. The number of para-hydroxylation sites is 1.